The van der Waals surface area contributed by atoms with E-state index < -0.39 is 0 Å². The van der Waals surface area contributed by atoms with Crippen LogP contribution in [0.4, 0.5) is 0 Å². The van der Waals surface area contributed by atoms with Crippen molar-refractivity contribution >= 4 is 22.7 Å². The minimum absolute atomic E-state index is 0.230. The Bertz CT molecular complexity index is 2000. The average molecular weight is 555 g/mol. The van der Waals surface area contributed by atoms with E-state index in [0.29, 0.717) is 0 Å². The number of fused-ring (bicyclic) bond motifs is 2. The smallest absolute Gasteiger partial charge is 0.0725 e. The van der Waals surface area contributed by atoms with Crippen molar-refractivity contribution in [2.45, 2.75) is 25.3 Å². The van der Waals surface area contributed by atoms with Crippen molar-refractivity contribution in [3.8, 4) is 22.3 Å². The van der Waals surface area contributed by atoms with E-state index in [0.717, 1.165) is 28.0 Å². The molecule has 208 valence electrons. The van der Waals surface area contributed by atoms with E-state index in [4.69, 9.17) is 10.7 Å². The predicted octanol–water partition coefficient (Wildman–Crippen LogP) is 10.00. The lowest BCUT2D eigenvalue weighted by atomic mass is 9.77. The molecule has 2 heteroatoms. The quantitative estimate of drug-likeness (QED) is 0.204. The normalized spacial score (nSPS) is 14.8. The van der Waals surface area contributed by atoms with Gasteiger partial charge in [-0.25, -0.2) is 0 Å². The fourth-order valence-electron chi connectivity index (χ4n) is 6.50. The van der Waals surface area contributed by atoms with Crippen molar-refractivity contribution in [1.29, 1.82) is 0 Å². The number of benzene rings is 6. The number of hydrogen-bond donors (Lipinski definition) is 1. The van der Waals surface area contributed by atoms with Gasteiger partial charge in [-0.2, -0.15) is 0 Å². The van der Waals surface area contributed by atoms with Gasteiger partial charge in [0.1, 0.15) is 0 Å². The summed E-state index contributed by atoms with van der Waals surface area (Å²) in [6.07, 6.45) is 1.99. The van der Waals surface area contributed by atoms with Crippen LogP contribution in [0.2, 0.25) is 0 Å². The van der Waals surface area contributed by atoms with E-state index in [1.807, 2.05) is 24.4 Å². The number of nitrogens with zero attached hydrogens (tertiary/aromatic N) is 1. The van der Waals surface area contributed by atoms with E-state index in [9.17, 15) is 0 Å². The minimum Gasteiger partial charge on any atom is -0.320 e. The molecule has 0 heterocycles. The molecule has 1 unspecified atom stereocenters. The molecule has 0 saturated heterocycles. The fourth-order valence-corrected chi connectivity index (χ4v) is 6.50. The molecular formula is C41H34N2. The number of aliphatic imine (C=N–C) groups is 1. The first kappa shape index (κ1) is 26.8. The van der Waals surface area contributed by atoms with Crippen molar-refractivity contribution in [2.24, 2.45) is 10.7 Å². The lowest BCUT2D eigenvalue weighted by molar-refractivity contribution is 0.580. The Labute approximate surface area is 253 Å². The summed E-state index contributed by atoms with van der Waals surface area (Å²) >= 11 is 0. The Kier molecular flexibility index (Phi) is 6.85. The monoisotopic (exact) mass is 554 g/mol. The summed E-state index contributed by atoms with van der Waals surface area (Å²) in [6.45, 7) is 4.52. The van der Waals surface area contributed by atoms with Gasteiger partial charge >= 0.3 is 0 Å². The summed E-state index contributed by atoms with van der Waals surface area (Å²) in [6, 6.07) is 51.2. The largest absolute Gasteiger partial charge is 0.320 e. The van der Waals surface area contributed by atoms with Gasteiger partial charge in [-0.1, -0.05) is 141 Å². The molecule has 1 aliphatic rings. The van der Waals surface area contributed by atoms with Crippen molar-refractivity contribution in [3.05, 3.63) is 173 Å². The molecule has 0 amide bonds. The maximum atomic E-state index is 6.97. The molecule has 0 fully saturated rings. The molecule has 2 nitrogen and oxygen atoms in total. The van der Waals surface area contributed by atoms with Crippen LogP contribution in [0.15, 0.2) is 156 Å². The first-order valence-electron chi connectivity index (χ1n) is 14.9. The number of nitrogens with two attached hydrogens (primary N) is 1. The maximum Gasteiger partial charge on any atom is 0.0725 e. The summed E-state index contributed by atoms with van der Waals surface area (Å²) in [5.41, 5.74) is 18.3. The van der Waals surface area contributed by atoms with Gasteiger partial charge in [0.15, 0.2) is 0 Å². The van der Waals surface area contributed by atoms with Gasteiger partial charge in [0, 0.05) is 17.2 Å². The minimum atomic E-state index is -0.248. The number of rotatable bonds is 6. The average Bonchev–Trinajstić information content (AvgIpc) is 3.29. The summed E-state index contributed by atoms with van der Waals surface area (Å²) in [7, 11) is 0. The van der Waals surface area contributed by atoms with Gasteiger partial charge in [0.25, 0.3) is 0 Å². The summed E-state index contributed by atoms with van der Waals surface area (Å²) < 4.78 is 0. The zero-order chi connectivity index (χ0) is 29.4. The Morgan fingerprint density at radius 2 is 1.16 bits per heavy atom. The van der Waals surface area contributed by atoms with Crippen LogP contribution in [-0.4, -0.2) is 6.21 Å². The first-order valence-corrected chi connectivity index (χ1v) is 14.9. The Balaban J connectivity index is 1.24. The lowest BCUT2D eigenvalue weighted by Gasteiger charge is -2.29. The van der Waals surface area contributed by atoms with Crippen molar-refractivity contribution in [3.63, 3.8) is 0 Å². The summed E-state index contributed by atoms with van der Waals surface area (Å²) in [4.78, 5) is 5.16. The van der Waals surface area contributed by atoms with Crippen LogP contribution in [0.1, 0.15) is 42.1 Å². The third-order valence-corrected chi connectivity index (χ3v) is 8.76. The molecule has 0 aliphatic heterocycles. The van der Waals surface area contributed by atoms with Gasteiger partial charge in [0.05, 0.1) is 11.7 Å². The third-order valence-electron chi connectivity index (χ3n) is 8.76. The second-order valence-electron chi connectivity index (χ2n) is 11.8. The zero-order valence-corrected chi connectivity index (χ0v) is 24.5. The molecule has 0 bridgehead atoms. The molecular weight excluding hydrogens is 520 g/mol. The van der Waals surface area contributed by atoms with Crippen LogP contribution in [0.5, 0.6) is 0 Å². The molecule has 0 spiro atoms. The van der Waals surface area contributed by atoms with Crippen LogP contribution in [0, 0.1) is 0 Å². The standard InChI is InChI=1S/C41H34N2/c1-41(2)37-19-10-9-18-36(37)40(38(41)39(42)30-15-7-4-8-16-30)43-27-28-12-11-17-31(24-28)33-22-23-34-25-32(20-21-35(34)26-33)29-13-5-3-6-14-29/h3-27,39H,42H2,1-2H3/b43-27+. The van der Waals surface area contributed by atoms with Gasteiger partial charge in [-0.05, 0) is 73.5 Å². The Morgan fingerprint density at radius 3 is 1.88 bits per heavy atom. The van der Waals surface area contributed by atoms with Crippen molar-refractivity contribution in [2.75, 3.05) is 0 Å². The lowest BCUT2D eigenvalue weighted by Crippen LogP contribution is -2.26. The van der Waals surface area contributed by atoms with Gasteiger partial charge in [-0.15, -0.1) is 0 Å². The van der Waals surface area contributed by atoms with Crippen LogP contribution in [0.3, 0.4) is 0 Å². The highest BCUT2D eigenvalue weighted by Gasteiger charge is 2.40. The Hall–Kier alpha value is -5.05. The second-order valence-corrected chi connectivity index (χ2v) is 11.8. The predicted molar refractivity (Wildman–Crippen MR) is 182 cm³/mol. The highest BCUT2D eigenvalue weighted by molar-refractivity contribution is 5.93. The molecule has 0 saturated carbocycles. The van der Waals surface area contributed by atoms with Crippen LogP contribution >= 0.6 is 0 Å². The highest BCUT2D eigenvalue weighted by atomic mass is 14.8. The Morgan fingerprint density at radius 1 is 0.581 bits per heavy atom. The van der Waals surface area contributed by atoms with E-state index >= 15 is 0 Å². The number of hydrogen-bond acceptors (Lipinski definition) is 2. The second kappa shape index (κ2) is 11.0. The van der Waals surface area contributed by atoms with Crippen LogP contribution in [-0.2, 0) is 5.41 Å². The topological polar surface area (TPSA) is 38.4 Å². The molecule has 0 radical (unpaired) electrons. The molecule has 6 aromatic carbocycles. The highest BCUT2D eigenvalue weighted by Crippen LogP contribution is 2.50. The molecule has 2 N–H and O–H groups in total. The van der Waals surface area contributed by atoms with E-state index in [1.165, 1.54) is 38.6 Å². The van der Waals surface area contributed by atoms with Gasteiger partial charge < -0.3 is 5.73 Å². The molecule has 7 rings (SSSR count). The summed E-state index contributed by atoms with van der Waals surface area (Å²) in [5.74, 6) is 0. The van der Waals surface area contributed by atoms with Crippen molar-refractivity contribution < 1.29 is 0 Å². The maximum absolute atomic E-state index is 6.97. The van der Waals surface area contributed by atoms with E-state index in [2.05, 4.69) is 141 Å². The van der Waals surface area contributed by atoms with Crippen molar-refractivity contribution in [1.82, 2.24) is 0 Å². The molecule has 0 aromatic heterocycles. The van der Waals surface area contributed by atoms with Gasteiger partial charge in [0.2, 0.25) is 0 Å². The van der Waals surface area contributed by atoms with Crippen LogP contribution in [0.25, 0.3) is 38.7 Å². The van der Waals surface area contributed by atoms with E-state index in [-0.39, 0.29) is 11.5 Å². The first-order chi connectivity index (χ1) is 21.0. The molecule has 6 aromatic rings. The van der Waals surface area contributed by atoms with E-state index in [1.54, 1.807) is 0 Å². The molecule has 43 heavy (non-hydrogen) atoms. The third kappa shape index (κ3) is 5.01. The molecule has 1 aliphatic carbocycles. The van der Waals surface area contributed by atoms with Gasteiger partial charge in [-0.3, -0.25) is 4.99 Å². The fraction of sp³-hybridized carbons (Fsp3) is 0.0976. The van der Waals surface area contributed by atoms with Crippen LogP contribution < -0.4 is 5.73 Å². The summed E-state index contributed by atoms with van der Waals surface area (Å²) in [5, 5.41) is 2.46. The SMILES string of the molecule is CC1(C)C(C(N)c2ccccc2)=C(/N=C/c2cccc(-c3ccc4cc(-c5ccccc5)ccc4c3)c2)c2ccccc21. The molecule has 1 atom stereocenters. The zero-order valence-electron chi connectivity index (χ0n) is 24.5.